The van der Waals surface area contributed by atoms with Crippen LogP contribution in [0.3, 0.4) is 0 Å². The van der Waals surface area contributed by atoms with E-state index >= 15 is 0 Å². The molecule has 2 unspecified atom stereocenters. The zero-order valence-corrected chi connectivity index (χ0v) is 16.6. The Bertz CT molecular complexity index is 691. The van der Waals surface area contributed by atoms with Crippen molar-refractivity contribution in [2.75, 3.05) is 13.2 Å². The van der Waals surface area contributed by atoms with E-state index in [0.717, 1.165) is 10.4 Å². The van der Waals surface area contributed by atoms with E-state index < -0.39 is 26.1 Å². The summed E-state index contributed by atoms with van der Waals surface area (Å²) in [6.45, 7) is 6.48. The van der Waals surface area contributed by atoms with Crippen LogP contribution in [0.5, 0.6) is 0 Å². The first-order valence-electron chi connectivity index (χ1n) is 9.08. The standard InChI is InChI=1S/C21H27F2NOSi/c1-20(2,3)26(16-10-6-4-7-11-16,17-12-8-5-9-13-17)25-15-19-18(14-24)21(19,22)23/h4-13,18-19H,14-15,24H2,1-3H3. The summed E-state index contributed by atoms with van der Waals surface area (Å²) in [6.07, 6.45) is 0. The van der Waals surface area contributed by atoms with Gasteiger partial charge in [0.25, 0.3) is 14.2 Å². The lowest BCUT2D eigenvalue weighted by Crippen LogP contribution is -2.66. The Hall–Kier alpha value is -1.56. The predicted octanol–water partition coefficient (Wildman–Crippen LogP) is 3.40. The van der Waals surface area contributed by atoms with Crippen molar-refractivity contribution in [3.8, 4) is 0 Å². The third-order valence-corrected chi connectivity index (χ3v) is 10.5. The van der Waals surface area contributed by atoms with Crippen LogP contribution in [0.2, 0.25) is 5.04 Å². The molecule has 1 aliphatic carbocycles. The zero-order valence-electron chi connectivity index (χ0n) is 15.6. The summed E-state index contributed by atoms with van der Waals surface area (Å²) in [5.41, 5.74) is 5.52. The number of nitrogens with two attached hydrogens (primary N) is 1. The number of hydrogen-bond acceptors (Lipinski definition) is 2. The second kappa shape index (κ2) is 6.87. The van der Waals surface area contributed by atoms with Crippen LogP contribution in [0, 0.1) is 11.8 Å². The highest BCUT2D eigenvalue weighted by Crippen LogP contribution is 2.55. The van der Waals surface area contributed by atoms with Crippen molar-refractivity contribution < 1.29 is 13.2 Å². The van der Waals surface area contributed by atoms with Crippen LogP contribution in [0.4, 0.5) is 8.78 Å². The molecule has 26 heavy (non-hydrogen) atoms. The Morgan fingerprint density at radius 1 is 0.923 bits per heavy atom. The maximum atomic E-state index is 14.0. The lowest BCUT2D eigenvalue weighted by Gasteiger charge is -2.43. The third-order valence-electron chi connectivity index (χ3n) is 5.52. The van der Waals surface area contributed by atoms with E-state index in [1.807, 2.05) is 36.4 Å². The number of benzene rings is 2. The molecule has 0 aliphatic heterocycles. The fourth-order valence-electron chi connectivity index (χ4n) is 3.99. The summed E-state index contributed by atoms with van der Waals surface area (Å²) in [7, 11) is -2.75. The largest absolute Gasteiger partial charge is 0.407 e. The van der Waals surface area contributed by atoms with Gasteiger partial charge in [0.15, 0.2) is 0 Å². The molecule has 1 aliphatic rings. The first-order valence-corrected chi connectivity index (χ1v) is 11.0. The fourth-order valence-corrected chi connectivity index (χ4v) is 8.57. The highest BCUT2D eigenvalue weighted by molar-refractivity contribution is 6.99. The average molecular weight is 376 g/mol. The molecule has 3 rings (SSSR count). The molecule has 1 saturated carbocycles. The smallest absolute Gasteiger partial charge is 0.261 e. The molecule has 0 radical (unpaired) electrons. The lowest BCUT2D eigenvalue weighted by atomic mass is 10.2. The zero-order chi connectivity index (χ0) is 19.0. The van der Waals surface area contributed by atoms with Gasteiger partial charge in [-0.15, -0.1) is 0 Å². The van der Waals surface area contributed by atoms with Crippen molar-refractivity contribution >= 4 is 18.7 Å². The van der Waals surface area contributed by atoms with E-state index in [2.05, 4.69) is 45.0 Å². The van der Waals surface area contributed by atoms with Gasteiger partial charge < -0.3 is 10.2 Å². The molecule has 0 saturated heterocycles. The molecular weight excluding hydrogens is 348 g/mol. The fraction of sp³-hybridized carbons (Fsp3) is 0.429. The minimum absolute atomic E-state index is 0.00176. The summed E-state index contributed by atoms with van der Waals surface area (Å²) >= 11 is 0. The van der Waals surface area contributed by atoms with Gasteiger partial charge in [-0.3, -0.25) is 0 Å². The predicted molar refractivity (Wildman–Crippen MR) is 105 cm³/mol. The molecule has 0 amide bonds. The Morgan fingerprint density at radius 2 is 1.38 bits per heavy atom. The molecule has 2 atom stereocenters. The highest BCUT2D eigenvalue weighted by atomic mass is 28.4. The number of rotatable bonds is 6. The Labute approximate surface area is 155 Å². The van der Waals surface area contributed by atoms with E-state index in [0.29, 0.717) is 0 Å². The number of halogens is 2. The first kappa shape index (κ1) is 19.2. The van der Waals surface area contributed by atoms with Gasteiger partial charge in [0.1, 0.15) is 0 Å². The average Bonchev–Trinajstić information content (AvgIpc) is 3.15. The van der Waals surface area contributed by atoms with Crippen LogP contribution < -0.4 is 16.1 Å². The lowest BCUT2D eigenvalue weighted by molar-refractivity contribution is 0.0745. The molecule has 2 aromatic carbocycles. The SMILES string of the molecule is CC(C)(C)[Si](OCC1C(CN)C1(F)F)(c1ccccc1)c1ccccc1. The van der Waals surface area contributed by atoms with Crippen LogP contribution >= 0.6 is 0 Å². The molecule has 2 nitrogen and oxygen atoms in total. The summed E-state index contributed by atoms with van der Waals surface area (Å²) in [6, 6.07) is 20.2. The monoisotopic (exact) mass is 375 g/mol. The van der Waals surface area contributed by atoms with Crippen LogP contribution in [0.25, 0.3) is 0 Å². The highest BCUT2D eigenvalue weighted by Gasteiger charge is 2.68. The van der Waals surface area contributed by atoms with Crippen molar-refractivity contribution in [3.63, 3.8) is 0 Å². The topological polar surface area (TPSA) is 35.2 Å². The molecule has 2 aromatic rings. The Kier molecular flexibility index (Phi) is 5.08. The van der Waals surface area contributed by atoms with Gasteiger partial charge >= 0.3 is 0 Å². The molecule has 1 fully saturated rings. The van der Waals surface area contributed by atoms with Gasteiger partial charge in [-0.1, -0.05) is 81.4 Å². The first-order chi connectivity index (χ1) is 12.2. The van der Waals surface area contributed by atoms with Crippen molar-refractivity contribution in [1.29, 1.82) is 0 Å². The van der Waals surface area contributed by atoms with Crippen LogP contribution in [-0.4, -0.2) is 27.4 Å². The molecule has 5 heteroatoms. The Morgan fingerprint density at radius 3 is 1.73 bits per heavy atom. The normalized spacial score (nSPS) is 22.2. The summed E-state index contributed by atoms with van der Waals surface area (Å²) < 4.78 is 34.5. The summed E-state index contributed by atoms with van der Waals surface area (Å²) in [4.78, 5) is 0. The molecule has 0 spiro atoms. The van der Waals surface area contributed by atoms with Crippen molar-refractivity contribution in [1.82, 2.24) is 0 Å². The second-order valence-electron chi connectivity index (χ2n) is 8.10. The van der Waals surface area contributed by atoms with E-state index in [4.69, 9.17) is 10.2 Å². The van der Waals surface area contributed by atoms with Crippen molar-refractivity contribution in [2.24, 2.45) is 17.6 Å². The summed E-state index contributed by atoms with van der Waals surface area (Å²) in [5, 5.41) is 2.00. The van der Waals surface area contributed by atoms with Crippen molar-refractivity contribution in [3.05, 3.63) is 60.7 Å². The van der Waals surface area contributed by atoms with E-state index in [-0.39, 0.29) is 18.2 Å². The maximum absolute atomic E-state index is 14.0. The molecular formula is C21H27F2NOSi. The van der Waals surface area contributed by atoms with Crippen LogP contribution in [-0.2, 0) is 4.43 Å². The third kappa shape index (κ3) is 3.13. The van der Waals surface area contributed by atoms with Crippen LogP contribution in [0.1, 0.15) is 20.8 Å². The van der Waals surface area contributed by atoms with Gasteiger partial charge in [0.2, 0.25) is 0 Å². The molecule has 2 N–H and O–H groups in total. The van der Waals surface area contributed by atoms with Gasteiger partial charge in [0, 0.05) is 19.1 Å². The number of hydrogen-bond donors (Lipinski definition) is 1. The van der Waals surface area contributed by atoms with E-state index in [9.17, 15) is 8.78 Å². The minimum atomic E-state index is -2.75. The van der Waals surface area contributed by atoms with E-state index in [1.165, 1.54) is 0 Å². The van der Waals surface area contributed by atoms with Gasteiger partial charge in [0.05, 0.1) is 5.92 Å². The summed E-state index contributed by atoms with van der Waals surface area (Å²) in [5.74, 6) is -4.25. The molecule has 140 valence electrons. The van der Waals surface area contributed by atoms with Gasteiger partial charge in [-0.25, -0.2) is 8.78 Å². The minimum Gasteiger partial charge on any atom is -0.407 e. The Balaban J connectivity index is 2.04. The molecule has 0 bridgehead atoms. The number of alkyl halides is 2. The molecule has 0 heterocycles. The van der Waals surface area contributed by atoms with E-state index in [1.54, 1.807) is 0 Å². The maximum Gasteiger partial charge on any atom is 0.261 e. The quantitative estimate of drug-likeness (QED) is 0.786. The van der Waals surface area contributed by atoms with Gasteiger partial charge in [-0.2, -0.15) is 0 Å². The molecule has 0 aromatic heterocycles. The van der Waals surface area contributed by atoms with Gasteiger partial charge in [-0.05, 0) is 15.4 Å². The van der Waals surface area contributed by atoms with Crippen molar-refractivity contribution in [2.45, 2.75) is 31.7 Å². The van der Waals surface area contributed by atoms with Crippen LogP contribution in [0.15, 0.2) is 60.7 Å². The second-order valence-corrected chi connectivity index (χ2v) is 12.4.